The highest BCUT2D eigenvalue weighted by atomic mass is 19.1. The lowest BCUT2D eigenvalue weighted by atomic mass is 10.0. The second kappa shape index (κ2) is 7.69. The Balaban J connectivity index is 1.52. The van der Waals surface area contributed by atoms with Crippen molar-refractivity contribution in [2.45, 2.75) is 13.5 Å². The number of hydrogen-bond acceptors (Lipinski definition) is 4. The van der Waals surface area contributed by atoms with Gasteiger partial charge in [0.25, 0.3) is 0 Å². The number of benzene rings is 2. The van der Waals surface area contributed by atoms with Crippen LogP contribution in [0.5, 0.6) is 0 Å². The van der Waals surface area contributed by atoms with Crippen LogP contribution in [0.25, 0.3) is 22.0 Å². The van der Waals surface area contributed by atoms with Crippen LogP contribution in [0.15, 0.2) is 54.9 Å². The van der Waals surface area contributed by atoms with Gasteiger partial charge in [-0.05, 0) is 48.4 Å². The number of aromatic nitrogens is 3. The average molecular weight is 390 g/mol. The number of pyridine rings is 1. The van der Waals surface area contributed by atoms with Gasteiger partial charge in [-0.1, -0.05) is 12.1 Å². The van der Waals surface area contributed by atoms with Crippen molar-refractivity contribution >= 4 is 28.3 Å². The molecule has 2 amide bonds. The molecule has 0 bridgehead atoms. The summed E-state index contributed by atoms with van der Waals surface area (Å²) in [5.74, 6) is -0.313. The van der Waals surface area contributed by atoms with E-state index in [1.165, 1.54) is 12.1 Å². The van der Waals surface area contributed by atoms with Gasteiger partial charge in [0.1, 0.15) is 11.3 Å². The first-order valence-corrected chi connectivity index (χ1v) is 9.01. The maximum Gasteiger partial charge on any atom is 0.323 e. The number of amides is 2. The van der Waals surface area contributed by atoms with E-state index in [1.807, 2.05) is 12.1 Å². The number of nitrogens with one attached hydrogen (secondary N) is 3. The van der Waals surface area contributed by atoms with Crippen molar-refractivity contribution < 1.29 is 9.18 Å². The molecule has 0 aliphatic carbocycles. The fraction of sp³-hybridized carbons (Fsp3) is 0.0952. The number of H-pyrrole nitrogens is 1. The van der Waals surface area contributed by atoms with Crippen LogP contribution in [0, 0.1) is 12.7 Å². The lowest BCUT2D eigenvalue weighted by Gasteiger charge is -2.10. The zero-order valence-corrected chi connectivity index (χ0v) is 15.7. The van der Waals surface area contributed by atoms with Gasteiger partial charge in [-0.3, -0.25) is 10.1 Å². The van der Waals surface area contributed by atoms with Gasteiger partial charge in [0.05, 0.1) is 11.9 Å². The Labute approximate surface area is 166 Å². The van der Waals surface area contributed by atoms with E-state index in [-0.39, 0.29) is 5.82 Å². The minimum atomic E-state index is -0.409. The molecule has 29 heavy (non-hydrogen) atoms. The van der Waals surface area contributed by atoms with Gasteiger partial charge in [-0.25, -0.2) is 9.18 Å². The minimum absolute atomic E-state index is 0.313. The molecule has 2 aromatic heterocycles. The molecule has 4 aromatic rings. The number of nitrogens with two attached hydrogens (primary N) is 1. The maximum atomic E-state index is 13.3. The van der Waals surface area contributed by atoms with Crippen molar-refractivity contribution in [3.63, 3.8) is 0 Å². The van der Waals surface area contributed by atoms with Crippen LogP contribution in [-0.4, -0.2) is 21.2 Å². The molecule has 146 valence electrons. The summed E-state index contributed by atoms with van der Waals surface area (Å²) >= 11 is 0. The van der Waals surface area contributed by atoms with Gasteiger partial charge < -0.3 is 16.4 Å². The van der Waals surface area contributed by atoms with E-state index in [0.717, 1.165) is 27.7 Å². The first kappa shape index (κ1) is 18.6. The Hall–Kier alpha value is -3.78. The minimum Gasteiger partial charge on any atom is -0.325 e. The second-order valence-electron chi connectivity index (χ2n) is 6.61. The normalized spacial score (nSPS) is 10.9. The number of aromatic amines is 1. The molecule has 8 heteroatoms. The Kier molecular flexibility index (Phi) is 4.92. The topological polar surface area (TPSA) is 109 Å². The summed E-state index contributed by atoms with van der Waals surface area (Å²) in [6.45, 7) is 1.98. The van der Waals surface area contributed by atoms with Crippen molar-refractivity contribution in [2.75, 3.05) is 10.6 Å². The summed E-state index contributed by atoms with van der Waals surface area (Å²) in [6.07, 6.45) is 3.45. The number of carbonyl (C=O) groups is 1. The van der Waals surface area contributed by atoms with E-state index in [2.05, 4.69) is 25.8 Å². The lowest BCUT2D eigenvalue weighted by molar-refractivity contribution is 0.262. The molecule has 0 aliphatic rings. The van der Waals surface area contributed by atoms with E-state index in [4.69, 9.17) is 5.73 Å². The molecule has 0 unspecified atom stereocenters. The number of hydrogen-bond donors (Lipinski definition) is 4. The van der Waals surface area contributed by atoms with Crippen molar-refractivity contribution in [3.05, 3.63) is 71.9 Å². The predicted molar refractivity (Wildman–Crippen MR) is 111 cm³/mol. The first-order chi connectivity index (χ1) is 14.0. The molecular weight excluding hydrogens is 371 g/mol. The van der Waals surface area contributed by atoms with E-state index < -0.39 is 6.03 Å². The van der Waals surface area contributed by atoms with Crippen LogP contribution in [0.1, 0.15) is 11.3 Å². The molecular formula is C21H19FN6O. The molecule has 0 aliphatic heterocycles. The number of urea groups is 1. The highest BCUT2D eigenvalue weighted by Gasteiger charge is 2.12. The maximum absolute atomic E-state index is 13.3. The summed E-state index contributed by atoms with van der Waals surface area (Å²) in [7, 11) is 0. The monoisotopic (exact) mass is 390 g/mol. The molecule has 7 nitrogen and oxygen atoms in total. The SMILES string of the molecule is Cc1cc(NC(=O)Nc2ccc(-c3cncc4n[nH]c(CN)c34)cc2)ccc1F. The number of anilines is 2. The first-order valence-electron chi connectivity index (χ1n) is 9.01. The van der Waals surface area contributed by atoms with E-state index in [9.17, 15) is 9.18 Å². The third-order valence-electron chi connectivity index (χ3n) is 4.61. The van der Waals surface area contributed by atoms with Gasteiger partial charge >= 0.3 is 6.03 Å². The molecule has 5 N–H and O–H groups in total. The predicted octanol–water partition coefficient (Wildman–Crippen LogP) is 4.18. The summed E-state index contributed by atoms with van der Waals surface area (Å²) in [6, 6.07) is 11.4. The molecule has 0 fully saturated rings. The van der Waals surface area contributed by atoms with E-state index in [0.29, 0.717) is 23.5 Å². The molecule has 0 atom stereocenters. The van der Waals surface area contributed by atoms with Gasteiger partial charge in [0.2, 0.25) is 0 Å². The number of nitrogens with zero attached hydrogens (tertiary/aromatic N) is 2. The Morgan fingerprint density at radius 1 is 1.10 bits per heavy atom. The fourth-order valence-corrected chi connectivity index (χ4v) is 3.15. The lowest BCUT2D eigenvalue weighted by Crippen LogP contribution is -2.19. The van der Waals surface area contributed by atoms with Crippen LogP contribution in [0.3, 0.4) is 0 Å². The highest BCUT2D eigenvalue weighted by molar-refractivity contribution is 6.00. The largest absolute Gasteiger partial charge is 0.325 e. The van der Waals surface area contributed by atoms with Gasteiger partial charge in [-0.2, -0.15) is 5.10 Å². The summed E-state index contributed by atoms with van der Waals surface area (Å²) in [5, 5.41) is 13.6. The third kappa shape index (κ3) is 3.78. The van der Waals surface area contributed by atoms with Crippen LogP contribution in [0.4, 0.5) is 20.6 Å². The Morgan fingerprint density at radius 2 is 1.83 bits per heavy atom. The van der Waals surface area contributed by atoms with Gasteiger partial charge in [0, 0.05) is 35.1 Å². The standard InChI is InChI=1S/C21H19FN6O/c1-12-8-15(6-7-17(12)22)26-21(29)25-14-4-2-13(3-5-14)16-10-24-11-19-20(16)18(9-23)27-28-19/h2-8,10-11H,9,23H2,1H3,(H,27,28)(H2,25,26,29). The molecule has 0 saturated carbocycles. The molecule has 2 heterocycles. The zero-order chi connectivity index (χ0) is 20.4. The smallest absolute Gasteiger partial charge is 0.323 e. The number of halogens is 1. The number of fused-ring (bicyclic) bond motifs is 1. The van der Waals surface area contributed by atoms with Crippen molar-refractivity contribution in [2.24, 2.45) is 5.73 Å². The van der Waals surface area contributed by atoms with Crippen molar-refractivity contribution in [1.82, 2.24) is 15.2 Å². The second-order valence-corrected chi connectivity index (χ2v) is 6.61. The number of rotatable bonds is 4. The molecule has 4 rings (SSSR count). The Bertz CT molecular complexity index is 1190. The molecule has 0 spiro atoms. The summed E-state index contributed by atoms with van der Waals surface area (Å²) in [5.41, 5.74) is 10.8. The quantitative estimate of drug-likeness (QED) is 0.419. The molecule has 0 saturated heterocycles. The molecule has 2 aromatic carbocycles. The summed E-state index contributed by atoms with van der Waals surface area (Å²) in [4.78, 5) is 16.4. The average Bonchev–Trinajstić information content (AvgIpc) is 3.15. The van der Waals surface area contributed by atoms with Crippen LogP contribution in [0.2, 0.25) is 0 Å². The zero-order valence-electron chi connectivity index (χ0n) is 15.7. The third-order valence-corrected chi connectivity index (χ3v) is 4.61. The molecule has 0 radical (unpaired) electrons. The highest BCUT2D eigenvalue weighted by Crippen LogP contribution is 2.29. The number of aryl methyl sites for hydroxylation is 1. The van der Waals surface area contributed by atoms with Crippen molar-refractivity contribution in [3.8, 4) is 11.1 Å². The Morgan fingerprint density at radius 3 is 2.55 bits per heavy atom. The van der Waals surface area contributed by atoms with Crippen LogP contribution in [-0.2, 0) is 6.54 Å². The van der Waals surface area contributed by atoms with Crippen molar-refractivity contribution in [1.29, 1.82) is 0 Å². The summed E-state index contributed by atoms with van der Waals surface area (Å²) < 4.78 is 13.3. The van der Waals surface area contributed by atoms with E-state index in [1.54, 1.807) is 37.5 Å². The van der Waals surface area contributed by atoms with Crippen LogP contribution >= 0.6 is 0 Å². The van der Waals surface area contributed by atoms with Crippen LogP contribution < -0.4 is 16.4 Å². The van der Waals surface area contributed by atoms with Gasteiger partial charge in [-0.15, -0.1) is 0 Å². The van der Waals surface area contributed by atoms with E-state index >= 15 is 0 Å². The van der Waals surface area contributed by atoms with Gasteiger partial charge in [0.15, 0.2) is 0 Å². The fourth-order valence-electron chi connectivity index (χ4n) is 3.15. The number of carbonyl (C=O) groups excluding carboxylic acids is 1.